The monoisotopic (exact) mass is 370 g/mol. The first-order valence-electron chi connectivity index (χ1n) is 8.88. The van der Waals surface area contributed by atoms with Gasteiger partial charge in [-0.05, 0) is 43.5 Å². The Balaban J connectivity index is 1.51. The molecule has 0 saturated heterocycles. The third-order valence-corrected chi connectivity index (χ3v) is 4.58. The minimum Gasteiger partial charge on any atom is -0.507 e. The molecule has 2 heterocycles. The summed E-state index contributed by atoms with van der Waals surface area (Å²) in [6.45, 7) is 1.70. The molecule has 3 aromatic rings. The van der Waals surface area contributed by atoms with E-state index in [9.17, 15) is 9.50 Å². The van der Waals surface area contributed by atoms with Crippen molar-refractivity contribution in [1.82, 2.24) is 20.4 Å². The molecule has 1 aliphatic rings. The number of aryl methyl sites for hydroxylation is 1. The van der Waals surface area contributed by atoms with E-state index in [2.05, 4.69) is 20.4 Å². The molecule has 1 aliphatic carbocycles. The zero-order valence-corrected chi connectivity index (χ0v) is 14.8. The molecule has 1 saturated carbocycles. The Morgan fingerprint density at radius 2 is 1.93 bits per heavy atom. The Labute approximate surface area is 155 Å². The maximum atomic E-state index is 13.9. The summed E-state index contributed by atoms with van der Waals surface area (Å²) in [5.74, 6) is 1.08. The number of halogens is 1. The van der Waals surface area contributed by atoms with Gasteiger partial charge in [0.25, 0.3) is 0 Å². The van der Waals surface area contributed by atoms with E-state index in [0.29, 0.717) is 41.4 Å². The van der Waals surface area contributed by atoms with Gasteiger partial charge in [-0.1, -0.05) is 6.42 Å². The fraction of sp³-hybridized carbons (Fsp3) is 0.368. The number of phenolic OH excluding ortho intramolecular Hbond substituents is 1. The summed E-state index contributed by atoms with van der Waals surface area (Å²) in [6, 6.07) is 8.31. The summed E-state index contributed by atoms with van der Waals surface area (Å²) >= 11 is 0. The van der Waals surface area contributed by atoms with Crippen molar-refractivity contribution in [2.45, 2.75) is 44.9 Å². The van der Waals surface area contributed by atoms with E-state index in [1.165, 1.54) is 6.07 Å². The number of hydrogen-bond acceptors (Lipinski definition) is 7. The summed E-state index contributed by atoms with van der Waals surface area (Å²) in [4.78, 5) is 0. The lowest BCUT2D eigenvalue weighted by Gasteiger charge is -2.25. The quantitative estimate of drug-likeness (QED) is 0.745. The number of benzene rings is 1. The fourth-order valence-corrected chi connectivity index (χ4v) is 3.16. The van der Waals surface area contributed by atoms with Crippen molar-refractivity contribution in [3.05, 3.63) is 36.2 Å². The van der Waals surface area contributed by atoms with Crippen LogP contribution < -0.4 is 4.74 Å². The molecule has 8 heteroatoms. The van der Waals surface area contributed by atoms with Gasteiger partial charge in [-0.15, -0.1) is 20.4 Å². The molecular formula is C19H19FN4O3. The van der Waals surface area contributed by atoms with E-state index in [0.717, 1.165) is 12.8 Å². The molecule has 1 aromatic carbocycles. The Hall–Kier alpha value is -3.03. The maximum Gasteiger partial charge on any atom is 0.247 e. The Bertz CT molecular complexity index is 929. The first-order valence-corrected chi connectivity index (χ1v) is 8.88. The maximum absolute atomic E-state index is 13.9. The van der Waals surface area contributed by atoms with E-state index >= 15 is 0 Å². The summed E-state index contributed by atoms with van der Waals surface area (Å²) < 4.78 is 24.9. The van der Waals surface area contributed by atoms with Crippen LogP contribution in [0, 0.1) is 6.92 Å². The van der Waals surface area contributed by atoms with Gasteiger partial charge in [0, 0.05) is 24.1 Å². The van der Waals surface area contributed by atoms with Gasteiger partial charge < -0.3 is 14.3 Å². The lowest BCUT2D eigenvalue weighted by molar-refractivity contribution is 0.0594. The number of nitrogens with zero attached hydrogens (tertiary/aromatic N) is 4. The lowest BCUT2D eigenvalue weighted by Crippen LogP contribution is -2.32. The van der Waals surface area contributed by atoms with Crippen LogP contribution in [0.3, 0.4) is 0 Å². The average Bonchev–Trinajstić information content (AvgIpc) is 3.11. The van der Waals surface area contributed by atoms with E-state index in [4.69, 9.17) is 9.15 Å². The summed E-state index contributed by atoms with van der Waals surface area (Å²) in [5.41, 5.74) is 1.60. The molecule has 7 nitrogen and oxygen atoms in total. The molecule has 0 bridgehead atoms. The predicted molar refractivity (Wildman–Crippen MR) is 94.9 cm³/mol. The van der Waals surface area contributed by atoms with E-state index in [-0.39, 0.29) is 11.6 Å². The first kappa shape index (κ1) is 17.4. The largest absolute Gasteiger partial charge is 0.507 e. The topological polar surface area (TPSA) is 94.2 Å². The molecule has 0 radical (unpaired) electrons. The van der Waals surface area contributed by atoms with Crippen LogP contribution in [0.4, 0.5) is 4.39 Å². The normalized spacial score (nSPS) is 19.8. The number of ether oxygens (including phenoxy) is 1. The van der Waals surface area contributed by atoms with Gasteiger partial charge in [0.2, 0.25) is 17.7 Å². The van der Waals surface area contributed by atoms with Crippen LogP contribution in [0.2, 0.25) is 0 Å². The standard InChI is InChI=1S/C19H19FN4O3/c1-11-21-24-19(26-11)12-6-7-13(16(25)10-12)15-8-9-18(23-22-15)27-17-5-3-2-4-14(17)20/h6-10,14,17,25H,2-5H2,1H3/t14-,17+/m0/s1. The predicted octanol–water partition coefficient (Wildman–Crippen LogP) is 3.87. The number of aromatic nitrogens is 4. The van der Waals surface area contributed by atoms with Crippen LogP contribution in [-0.2, 0) is 0 Å². The Morgan fingerprint density at radius 3 is 2.59 bits per heavy atom. The van der Waals surface area contributed by atoms with Crippen LogP contribution in [0.25, 0.3) is 22.7 Å². The highest BCUT2D eigenvalue weighted by Gasteiger charge is 2.26. The van der Waals surface area contributed by atoms with Gasteiger partial charge >= 0.3 is 0 Å². The highest BCUT2D eigenvalue weighted by Crippen LogP contribution is 2.32. The smallest absolute Gasteiger partial charge is 0.247 e. The minimum absolute atomic E-state index is 0.0161. The summed E-state index contributed by atoms with van der Waals surface area (Å²) in [7, 11) is 0. The fourth-order valence-electron chi connectivity index (χ4n) is 3.16. The van der Waals surface area contributed by atoms with Gasteiger partial charge in [0.05, 0.1) is 5.69 Å². The van der Waals surface area contributed by atoms with Crippen molar-refractivity contribution in [2.75, 3.05) is 0 Å². The van der Waals surface area contributed by atoms with Crippen LogP contribution in [0.15, 0.2) is 34.7 Å². The van der Waals surface area contributed by atoms with Crippen LogP contribution in [0.1, 0.15) is 31.6 Å². The summed E-state index contributed by atoms with van der Waals surface area (Å²) in [5, 5.41) is 26.2. The second-order valence-corrected chi connectivity index (χ2v) is 6.57. The zero-order valence-electron chi connectivity index (χ0n) is 14.8. The molecule has 2 aromatic heterocycles. The molecule has 1 fully saturated rings. The highest BCUT2D eigenvalue weighted by molar-refractivity contribution is 5.71. The zero-order chi connectivity index (χ0) is 18.8. The second-order valence-electron chi connectivity index (χ2n) is 6.57. The molecular weight excluding hydrogens is 351 g/mol. The Kier molecular flexibility index (Phi) is 4.70. The van der Waals surface area contributed by atoms with Crippen molar-refractivity contribution in [3.63, 3.8) is 0 Å². The molecule has 0 unspecified atom stereocenters. The van der Waals surface area contributed by atoms with Crippen LogP contribution in [0.5, 0.6) is 11.6 Å². The third kappa shape index (κ3) is 3.74. The number of hydrogen-bond donors (Lipinski definition) is 1. The minimum atomic E-state index is -0.967. The SMILES string of the molecule is Cc1nnc(-c2ccc(-c3ccc(O[C@@H]4CCCC[C@@H]4F)nn3)c(O)c2)o1. The molecule has 0 spiro atoms. The number of aromatic hydroxyl groups is 1. The number of alkyl halides is 1. The first-order chi connectivity index (χ1) is 13.1. The highest BCUT2D eigenvalue weighted by atomic mass is 19.1. The van der Waals surface area contributed by atoms with Crippen molar-refractivity contribution >= 4 is 0 Å². The number of phenols is 1. The van der Waals surface area contributed by atoms with Crippen LogP contribution in [-0.4, -0.2) is 37.8 Å². The van der Waals surface area contributed by atoms with E-state index in [1.54, 1.807) is 31.2 Å². The van der Waals surface area contributed by atoms with Gasteiger partial charge in [0.15, 0.2) is 0 Å². The Morgan fingerprint density at radius 1 is 1.07 bits per heavy atom. The van der Waals surface area contributed by atoms with Crippen LogP contribution >= 0.6 is 0 Å². The van der Waals surface area contributed by atoms with Gasteiger partial charge in [-0.3, -0.25) is 0 Å². The van der Waals surface area contributed by atoms with E-state index in [1.807, 2.05) is 0 Å². The molecule has 2 atom stereocenters. The average molecular weight is 370 g/mol. The van der Waals surface area contributed by atoms with Crippen molar-refractivity contribution in [1.29, 1.82) is 0 Å². The summed E-state index contributed by atoms with van der Waals surface area (Å²) in [6.07, 6.45) is 1.62. The molecule has 0 aliphatic heterocycles. The molecule has 1 N–H and O–H groups in total. The molecule has 4 rings (SSSR count). The van der Waals surface area contributed by atoms with Gasteiger partial charge in [-0.2, -0.15) is 0 Å². The number of rotatable bonds is 4. The van der Waals surface area contributed by atoms with E-state index < -0.39 is 12.3 Å². The third-order valence-electron chi connectivity index (χ3n) is 4.58. The van der Waals surface area contributed by atoms with Crippen molar-refractivity contribution in [3.8, 4) is 34.3 Å². The molecule has 0 amide bonds. The molecule has 27 heavy (non-hydrogen) atoms. The lowest BCUT2D eigenvalue weighted by atomic mass is 9.96. The van der Waals surface area contributed by atoms with Crippen molar-refractivity contribution in [2.24, 2.45) is 0 Å². The van der Waals surface area contributed by atoms with Gasteiger partial charge in [0.1, 0.15) is 18.0 Å². The van der Waals surface area contributed by atoms with Gasteiger partial charge in [-0.25, -0.2) is 4.39 Å². The second kappa shape index (κ2) is 7.30. The molecule has 140 valence electrons. The van der Waals surface area contributed by atoms with Crippen molar-refractivity contribution < 1.29 is 18.7 Å².